The SMILES string of the molecule is CC(C)N(CCO)Cc1ccccc1CN. The Morgan fingerprint density at radius 1 is 1.25 bits per heavy atom. The van der Waals surface area contributed by atoms with E-state index in [1.807, 2.05) is 12.1 Å². The van der Waals surface area contributed by atoms with E-state index >= 15 is 0 Å². The van der Waals surface area contributed by atoms with E-state index in [9.17, 15) is 0 Å². The summed E-state index contributed by atoms with van der Waals surface area (Å²) in [4.78, 5) is 2.24. The van der Waals surface area contributed by atoms with E-state index in [-0.39, 0.29) is 6.61 Å². The lowest BCUT2D eigenvalue weighted by Crippen LogP contribution is -2.33. The van der Waals surface area contributed by atoms with Gasteiger partial charge in [0.15, 0.2) is 0 Å². The molecule has 0 radical (unpaired) electrons. The maximum atomic E-state index is 9.02. The minimum Gasteiger partial charge on any atom is -0.395 e. The molecule has 0 aliphatic rings. The van der Waals surface area contributed by atoms with Crippen molar-refractivity contribution in [1.29, 1.82) is 0 Å². The molecule has 1 aromatic carbocycles. The molecule has 0 unspecified atom stereocenters. The molecule has 0 saturated heterocycles. The second-order valence-corrected chi connectivity index (χ2v) is 4.26. The van der Waals surface area contributed by atoms with Crippen LogP contribution >= 0.6 is 0 Å². The molecule has 0 atom stereocenters. The average molecular weight is 222 g/mol. The highest BCUT2D eigenvalue weighted by Gasteiger charge is 2.10. The lowest BCUT2D eigenvalue weighted by atomic mass is 10.1. The number of rotatable bonds is 6. The molecule has 0 aromatic heterocycles. The molecule has 0 heterocycles. The number of hydrogen-bond acceptors (Lipinski definition) is 3. The molecule has 0 amide bonds. The smallest absolute Gasteiger partial charge is 0.0558 e. The quantitative estimate of drug-likeness (QED) is 0.764. The predicted octanol–water partition coefficient (Wildman–Crippen LogP) is 1.35. The second kappa shape index (κ2) is 6.63. The average Bonchev–Trinajstić information content (AvgIpc) is 2.29. The van der Waals surface area contributed by atoms with Gasteiger partial charge >= 0.3 is 0 Å². The third kappa shape index (κ3) is 3.59. The summed E-state index contributed by atoms with van der Waals surface area (Å²) in [6.07, 6.45) is 0. The fourth-order valence-electron chi connectivity index (χ4n) is 1.78. The monoisotopic (exact) mass is 222 g/mol. The Hall–Kier alpha value is -0.900. The lowest BCUT2D eigenvalue weighted by Gasteiger charge is -2.26. The zero-order valence-electron chi connectivity index (χ0n) is 10.2. The van der Waals surface area contributed by atoms with E-state index in [0.717, 1.165) is 6.54 Å². The van der Waals surface area contributed by atoms with Gasteiger partial charge in [-0.2, -0.15) is 0 Å². The fraction of sp³-hybridized carbons (Fsp3) is 0.538. The van der Waals surface area contributed by atoms with Gasteiger partial charge in [-0.25, -0.2) is 0 Å². The normalized spacial score (nSPS) is 11.4. The Morgan fingerprint density at radius 2 is 1.88 bits per heavy atom. The number of benzene rings is 1. The van der Waals surface area contributed by atoms with Crippen molar-refractivity contribution in [3.8, 4) is 0 Å². The predicted molar refractivity (Wildman–Crippen MR) is 67.0 cm³/mol. The van der Waals surface area contributed by atoms with E-state index in [1.54, 1.807) is 0 Å². The third-order valence-corrected chi connectivity index (χ3v) is 2.83. The first-order valence-electron chi connectivity index (χ1n) is 5.80. The van der Waals surface area contributed by atoms with Crippen LogP contribution in [0, 0.1) is 0 Å². The van der Waals surface area contributed by atoms with E-state index in [2.05, 4.69) is 30.9 Å². The first-order valence-corrected chi connectivity index (χ1v) is 5.80. The summed E-state index contributed by atoms with van der Waals surface area (Å²) in [5.74, 6) is 0. The van der Waals surface area contributed by atoms with Crippen LogP contribution in [0.2, 0.25) is 0 Å². The highest BCUT2D eigenvalue weighted by Crippen LogP contribution is 2.12. The van der Waals surface area contributed by atoms with Crippen molar-refractivity contribution < 1.29 is 5.11 Å². The van der Waals surface area contributed by atoms with Gasteiger partial charge in [-0.1, -0.05) is 24.3 Å². The summed E-state index contributed by atoms with van der Waals surface area (Å²) in [7, 11) is 0. The first kappa shape index (κ1) is 13.2. The van der Waals surface area contributed by atoms with Crippen LogP contribution in [-0.2, 0) is 13.1 Å². The fourth-order valence-corrected chi connectivity index (χ4v) is 1.78. The molecule has 3 nitrogen and oxygen atoms in total. The van der Waals surface area contributed by atoms with Gasteiger partial charge in [-0.15, -0.1) is 0 Å². The highest BCUT2D eigenvalue weighted by atomic mass is 16.3. The van der Waals surface area contributed by atoms with Crippen molar-refractivity contribution in [2.24, 2.45) is 5.73 Å². The van der Waals surface area contributed by atoms with Crippen LogP contribution in [0.25, 0.3) is 0 Å². The van der Waals surface area contributed by atoms with Crippen molar-refractivity contribution in [2.45, 2.75) is 33.0 Å². The van der Waals surface area contributed by atoms with Crippen LogP contribution in [0.5, 0.6) is 0 Å². The van der Waals surface area contributed by atoms with E-state index < -0.39 is 0 Å². The summed E-state index contributed by atoms with van der Waals surface area (Å²) in [5, 5.41) is 9.02. The molecule has 1 aromatic rings. The molecule has 0 saturated carbocycles. The molecule has 3 N–H and O–H groups in total. The molecular weight excluding hydrogens is 200 g/mol. The van der Waals surface area contributed by atoms with Crippen LogP contribution in [-0.4, -0.2) is 29.2 Å². The Kier molecular flexibility index (Phi) is 5.46. The van der Waals surface area contributed by atoms with Crippen LogP contribution in [0.3, 0.4) is 0 Å². The summed E-state index contributed by atoms with van der Waals surface area (Å²) >= 11 is 0. The topological polar surface area (TPSA) is 49.5 Å². The Morgan fingerprint density at radius 3 is 2.38 bits per heavy atom. The van der Waals surface area contributed by atoms with Gasteiger partial charge < -0.3 is 10.8 Å². The van der Waals surface area contributed by atoms with E-state index in [1.165, 1.54) is 11.1 Å². The number of aliphatic hydroxyl groups excluding tert-OH is 1. The molecule has 0 aliphatic heterocycles. The molecule has 3 heteroatoms. The summed E-state index contributed by atoms with van der Waals surface area (Å²) in [6, 6.07) is 8.64. The maximum Gasteiger partial charge on any atom is 0.0558 e. The molecule has 0 aliphatic carbocycles. The minimum absolute atomic E-state index is 0.197. The number of hydrogen-bond donors (Lipinski definition) is 2. The Bertz CT molecular complexity index is 313. The molecule has 0 spiro atoms. The van der Waals surface area contributed by atoms with Gasteiger partial charge in [0.05, 0.1) is 6.61 Å². The van der Waals surface area contributed by atoms with E-state index in [0.29, 0.717) is 19.1 Å². The molecule has 0 bridgehead atoms. The third-order valence-electron chi connectivity index (χ3n) is 2.83. The van der Waals surface area contributed by atoms with Crippen molar-refractivity contribution in [3.05, 3.63) is 35.4 Å². The lowest BCUT2D eigenvalue weighted by molar-refractivity contribution is 0.159. The Labute approximate surface area is 97.9 Å². The molecule has 90 valence electrons. The zero-order chi connectivity index (χ0) is 12.0. The maximum absolute atomic E-state index is 9.02. The van der Waals surface area contributed by atoms with Crippen molar-refractivity contribution in [2.75, 3.05) is 13.2 Å². The summed E-state index contributed by atoms with van der Waals surface area (Å²) < 4.78 is 0. The van der Waals surface area contributed by atoms with Gasteiger partial charge in [0.2, 0.25) is 0 Å². The summed E-state index contributed by atoms with van der Waals surface area (Å²) in [5.41, 5.74) is 8.15. The number of nitrogens with zero attached hydrogens (tertiary/aromatic N) is 1. The molecule has 16 heavy (non-hydrogen) atoms. The number of aliphatic hydroxyl groups is 1. The van der Waals surface area contributed by atoms with Gasteiger partial charge in [-0.05, 0) is 25.0 Å². The van der Waals surface area contributed by atoms with Crippen LogP contribution in [0.4, 0.5) is 0 Å². The zero-order valence-corrected chi connectivity index (χ0v) is 10.2. The van der Waals surface area contributed by atoms with Crippen molar-refractivity contribution in [3.63, 3.8) is 0 Å². The first-order chi connectivity index (χ1) is 7.69. The van der Waals surface area contributed by atoms with E-state index in [4.69, 9.17) is 10.8 Å². The van der Waals surface area contributed by atoms with Crippen molar-refractivity contribution >= 4 is 0 Å². The molecule has 1 rings (SSSR count). The summed E-state index contributed by atoms with van der Waals surface area (Å²) in [6.45, 7) is 6.60. The Balaban J connectivity index is 2.76. The van der Waals surface area contributed by atoms with Gasteiger partial charge in [0, 0.05) is 25.7 Å². The van der Waals surface area contributed by atoms with Crippen molar-refractivity contribution in [1.82, 2.24) is 4.90 Å². The number of nitrogens with two attached hydrogens (primary N) is 1. The second-order valence-electron chi connectivity index (χ2n) is 4.26. The van der Waals surface area contributed by atoms with Crippen LogP contribution in [0.1, 0.15) is 25.0 Å². The molecular formula is C13H22N2O. The largest absolute Gasteiger partial charge is 0.395 e. The van der Waals surface area contributed by atoms with Crippen LogP contribution in [0.15, 0.2) is 24.3 Å². The highest BCUT2D eigenvalue weighted by molar-refractivity contribution is 5.26. The van der Waals surface area contributed by atoms with Crippen LogP contribution < -0.4 is 5.73 Å². The standard InChI is InChI=1S/C13H22N2O/c1-11(2)15(7-8-16)10-13-6-4-3-5-12(13)9-14/h3-6,11,16H,7-10,14H2,1-2H3. The van der Waals surface area contributed by atoms with Gasteiger partial charge in [0.1, 0.15) is 0 Å². The minimum atomic E-state index is 0.197. The van der Waals surface area contributed by atoms with Gasteiger partial charge in [0.25, 0.3) is 0 Å². The molecule has 0 fully saturated rings. The van der Waals surface area contributed by atoms with Gasteiger partial charge in [-0.3, -0.25) is 4.90 Å².